The molecule has 0 spiro atoms. The number of carbonyl (C=O) groups excluding carboxylic acids is 1. The van der Waals surface area contributed by atoms with Gasteiger partial charge in [0.05, 0.1) is 18.8 Å². The first-order valence-corrected chi connectivity index (χ1v) is 9.00. The Bertz CT molecular complexity index is 459. The molecule has 1 unspecified atom stereocenters. The molecule has 0 aromatic carbocycles. The van der Waals surface area contributed by atoms with Crippen molar-refractivity contribution in [1.82, 2.24) is 4.90 Å². The highest BCUT2D eigenvalue weighted by Crippen LogP contribution is 2.43. The van der Waals surface area contributed by atoms with E-state index >= 15 is 0 Å². The average molecular weight is 338 g/mol. The van der Waals surface area contributed by atoms with E-state index in [-0.39, 0.29) is 38.1 Å². The van der Waals surface area contributed by atoms with Crippen molar-refractivity contribution in [3.63, 3.8) is 0 Å². The minimum Gasteiger partial charge on any atom is -0.391 e. The fourth-order valence-electron chi connectivity index (χ4n) is 2.08. The molecule has 1 saturated heterocycles. The van der Waals surface area contributed by atoms with Crippen LogP contribution in [0.2, 0.25) is 0 Å². The van der Waals surface area contributed by atoms with Crippen molar-refractivity contribution in [3.05, 3.63) is 10.4 Å². The number of azide groups is 1. The van der Waals surface area contributed by atoms with E-state index in [0.29, 0.717) is 12.8 Å². The van der Waals surface area contributed by atoms with Gasteiger partial charge in [-0.1, -0.05) is 5.11 Å². The molecule has 1 rings (SSSR count). The molecule has 0 saturated carbocycles. The minimum absolute atomic E-state index is 0.0146. The maximum Gasteiger partial charge on any atom is 0.324 e. The summed E-state index contributed by atoms with van der Waals surface area (Å²) < 4.78 is 9.78. The molecule has 1 aliphatic rings. The third-order valence-electron chi connectivity index (χ3n) is 3.09. The Balaban J connectivity index is 2.51. The van der Waals surface area contributed by atoms with E-state index < -0.39 is 12.8 Å². The van der Waals surface area contributed by atoms with Crippen molar-refractivity contribution >= 4 is 24.4 Å². The number of hydrogen-bond acceptors (Lipinski definition) is 6. The molecular formula is C10H19N4O5PS. The summed E-state index contributed by atoms with van der Waals surface area (Å²) in [5, 5.41) is 13.0. The molecule has 1 aliphatic heterocycles. The normalized spacial score (nSPS) is 24.4. The Morgan fingerprint density at radius 1 is 1.67 bits per heavy atom. The van der Waals surface area contributed by atoms with Gasteiger partial charge in [0.25, 0.3) is 0 Å². The van der Waals surface area contributed by atoms with Crippen LogP contribution in [0.1, 0.15) is 19.3 Å². The van der Waals surface area contributed by atoms with Crippen molar-refractivity contribution in [3.8, 4) is 0 Å². The molecule has 0 aliphatic carbocycles. The van der Waals surface area contributed by atoms with Gasteiger partial charge in [0.1, 0.15) is 0 Å². The monoisotopic (exact) mass is 338 g/mol. The van der Waals surface area contributed by atoms with Crippen LogP contribution < -0.4 is 0 Å². The first kappa shape index (κ1) is 18.3. The number of likely N-dealkylation sites (tertiary alicyclic amines) is 1. The topological polar surface area (TPSA) is 128 Å². The fourth-order valence-corrected chi connectivity index (χ4v) is 2.73. The van der Waals surface area contributed by atoms with E-state index in [1.54, 1.807) is 0 Å². The number of nitrogens with zero attached hydrogens (tertiary/aromatic N) is 4. The summed E-state index contributed by atoms with van der Waals surface area (Å²) in [6.45, 7) is -2.79. The van der Waals surface area contributed by atoms with E-state index in [2.05, 4.69) is 14.5 Å². The van der Waals surface area contributed by atoms with Gasteiger partial charge in [-0.25, -0.2) is 0 Å². The lowest BCUT2D eigenvalue weighted by Crippen LogP contribution is -2.38. The van der Waals surface area contributed by atoms with Crippen molar-refractivity contribution in [2.75, 3.05) is 26.8 Å². The molecular weight excluding hydrogens is 319 g/mol. The van der Waals surface area contributed by atoms with E-state index in [4.69, 9.17) is 21.9 Å². The van der Waals surface area contributed by atoms with Crippen LogP contribution in [0.25, 0.3) is 10.4 Å². The van der Waals surface area contributed by atoms with E-state index in [0.717, 1.165) is 0 Å². The Labute approximate surface area is 127 Å². The Morgan fingerprint density at radius 3 is 3.00 bits per heavy atom. The van der Waals surface area contributed by atoms with Crippen LogP contribution in [-0.2, 0) is 25.6 Å². The quantitative estimate of drug-likeness (QED) is 0.223. The van der Waals surface area contributed by atoms with E-state index in [9.17, 15) is 14.8 Å². The van der Waals surface area contributed by atoms with Gasteiger partial charge in [-0.3, -0.25) is 4.79 Å². The van der Waals surface area contributed by atoms with Crippen LogP contribution >= 0.6 is 6.72 Å². The first-order chi connectivity index (χ1) is 9.89. The third-order valence-corrected chi connectivity index (χ3v) is 4.79. The zero-order chi connectivity index (χ0) is 15.9. The van der Waals surface area contributed by atoms with Gasteiger partial charge in [-0.05, 0) is 30.2 Å². The highest BCUT2D eigenvalue weighted by atomic mass is 32.5. The summed E-state index contributed by atoms with van der Waals surface area (Å²) in [5.41, 5.74) is 8.16. The van der Waals surface area contributed by atoms with Crippen LogP contribution in [-0.4, -0.2) is 59.8 Å². The molecule has 0 radical (unpaired) electrons. The molecule has 21 heavy (non-hydrogen) atoms. The average Bonchev–Trinajstić information content (AvgIpc) is 2.82. The second kappa shape index (κ2) is 8.65. The summed E-state index contributed by atoms with van der Waals surface area (Å²) in [5.74, 6) is -0.156. The van der Waals surface area contributed by atoms with Gasteiger partial charge >= 0.3 is 6.72 Å². The van der Waals surface area contributed by atoms with Gasteiger partial charge in [-0.2, -0.15) is 0 Å². The van der Waals surface area contributed by atoms with Gasteiger partial charge in [0.15, 0.2) is 0 Å². The minimum atomic E-state index is -3.27. The zero-order valence-corrected chi connectivity index (χ0v) is 13.4. The van der Waals surface area contributed by atoms with Gasteiger partial charge in [0, 0.05) is 31.5 Å². The van der Waals surface area contributed by atoms with Crippen molar-refractivity contribution in [2.45, 2.75) is 31.4 Å². The van der Waals surface area contributed by atoms with Crippen LogP contribution in [0.5, 0.6) is 0 Å². The zero-order valence-electron chi connectivity index (χ0n) is 11.7. The molecule has 11 heteroatoms. The number of β-amino-alcohol motifs (C(OH)–C–C–N with tert-alkyl or cyclic N) is 1. The second-order valence-corrected chi connectivity index (χ2v) is 7.54. The third kappa shape index (κ3) is 6.27. The van der Waals surface area contributed by atoms with Crippen molar-refractivity contribution in [1.29, 1.82) is 0 Å². The molecule has 120 valence electrons. The largest absolute Gasteiger partial charge is 0.391 e. The second-order valence-electron chi connectivity index (χ2n) is 4.59. The van der Waals surface area contributed by atoms with Crippen molar-refractivity contribution < 1.29 is 23.8 Å². The van der Waals surface area contributed by atoms with Crippen LogP contribution in [0, 0.1) is 0 Å². The fraction of sp³-hybridized carbons (Fsp3) is 0.900. The van der Waals surface area contributed by atoms with Crippen LogP contribution in [0.3, 0.4) is 0 Å². The molecule has 1 heterocycles. The van der Waals surface area contributed by atoms with Gasteiger partial charge < -0.3 is 23.9 Å². The maximum absolute atomic E-state index is 12.1. The maximum atomic E-state index is 12.1. The van der Waals surface area contributed by atoms with Crippen LogP contribution in [0.4, 0.5) is 0 Å². The molecule has 9 nitrogen and oxygen atoms in total. The van der Waals surface area contributed by atoms with Crippen molar-refractivity contribution in [2.24, 2.45) is 5.11 Å². The summed E-state index contributed by atoms with van der Waals surface area (Å²) >= 11 is 4.72. The Morgan fingerprint density at radius 2 is 2.38 bits per heavy atom. The summed E-state index contributed by atoms with van der Waals surface area (Å²) in [6, 6.07) is -0.350. The lowest BCUT2D eigenvalue weighted by Gasteiger charge is -2.25. The molecule has 1 amide bonds. The number of rotatable bonds is 8. The van der Waals surface area contributed by atoms with Gasteiger partial charge in [-0.15, -0.1) is 0 Å². The lowest BCUT2D eigenvalue weighted by atomic mass is 10.2. The molecule has 0 aromatic heterocycles. The number of hydrogen-bond donors (Lipinski definition) is 2. The predicted molar refractivity (Wildman–Crippen MR) is 78.8 cm³/mol. The Hall–Kier alpha value is -0.730. The smallest absolute Gasteiger partial charge is 0.324 e. The lowest BCUT2D eigenvalue weighted by molar-refractivity contribution is -0.133. The molecule has 2 N–H and O–H groups in total. The summed E-state index contributed by atoms with van der Waals surface area (Å²) in [6.07, 6.45) is 0.402. The van der Waals surface area contributed by atoms with Crippen LogP contribution in [0.15, 0.2) is 5.11 Å². The number of aliphatic hydroxyl groups excluding tert-OH is 1. The standard InChI is InChI=1S/C10H19N4O5PS/c1-18-20(17,21)19-7-8-5-9(15)6-14(8)10(16)3-2-4-12-13-11/h8-9,15H,2-7H2,1H3,(H,17,21)/t8-,9-,20?/m1/s1. The molecule has 3 atom stereocenters. The number of aliphatic hydroxyl groups is 1. The highest BCUT2D eigenvalue weighted by Gasteiger charge is 2.35. The first-order valence-electron chi connectivity index (χ1n) is 6.41. The number of amides is 1. The molecule has 0 bridgehead atoms. The summed E-state index contributed by atoms with van der Waals surface area (Å²) in [7, 11) is 1.25. The van der Waals surface area contributed by atoms with E-state index in [1.165, 1.54) is 12.0 Å². The SMILES string of the molecule is COP(O)(=S)OC[C@H]1C[C@@H](O)CN1C(=O)CCCN=[N+]=[N-]. The number of carbonyl (C=O) groups is 1. The van der Waals surface area contributed by atoms with Gasteiger partial charge in [0.2, 0.25) is 5.91 Å². The Kier molecular flexibility index (Phi) is 7.55. The van der Waals surface area contributed by atoms with E-state index in [1.807, 2.05) is 0 Å². The predicted octanol–water partition coefficient (Wildman–Crippen LogP) is 0.918. The molecule has 1 fully saturated rings. The highest BCUT2D eigenvalue weighted by molar-refractivity contribution is 8.07. The molecule has 0 aromatic rings. The summed E-state index contributed by atoms with van der Waals surface area (Å²) in [4.78, 5) is 25.7.